The molecule has 2 unspecified atom stereocenters. The quantitative estimate of drug-likeness (QED) is 0.0211. The van der Waals surface area contributed by atoms with Crippen molar-refractivity contribution in [3.05, 3.63) is 109 Å². The van der Waals surface area contributed by atoms with Gasteiger partial charge >= 0.3 is 19.8 Å². The summed E-state index contributed by atoms with van der Waals surface area (Å²) >= 11 is 0. The van der Waals surface area contributed by atoms with E-state index in [1.165, 1.54) is 103 Å². The minimum absolute atomic E-state index is 0.0161. The highest BCUT2D eigenvalue weighted by Gasteiger charge is 2.27. The van der Waals surface area contributed by atoms with Gasteiger partial charge in [-0.2, -0.15) is 0 Å². The molecule has 0 aliphatic rings. The molecule has 412 valence electrons. The summed E-state index contributed by atoms with van der Waals surface area (Å²) in [6.07, 6.45) is 73.1. The number of carbonyl (C=O) groups is 2. The van der Waals surface area contributed by atoms with E-state index in [4.69, 9.17) is 18.5 Å². The van der Waals surface area contributed by atoms with E-state index in [0.717, 1.165) is 77.0 Å². The number of phosphoric acid groups is 1. The summed E-state index contributed by atoms with van der Waals surface area (Å²) in [5, 5.41) is 0. The van der Waals surface area contributed by atoms with Crippen LogP contribution in [0.1, 0.15) is 219 Å². The Kier molecular flexibility index (Phi) is 50.1. The highest BCUT2D eigenvalue weighted by Crippen LogP contribution is 2.43. The predicted molar refractivity (Wildman–Crippen MR) is 307 cm³/mol. The molecule has 0 aromatic carbocycles. The first-order chi connectivity index (χ1) is 35.0. The molecule has 1 N–H and O–H groups in total. The monoisotopic (exact) mass is 1020 g/mol. The van der Waals surface area contributed by atoms with Crippen LogP contribution in [0.15, 0.2) is 109 Å². The lowest BCUT2D eigenvalue weighted by Crippen LogP contribution is -2.37. The number of hydrogen-bond donors (Lipinski definition) is 1. The number of carbonyl (C=O) groups excluding carboxylic acids is 2. The van der Waals surface area contributed by atoms with E-state index in [0.29, 0.717) is 23.9 Å². The van der Waals surface area contributed by atoms with E-state index in [2.05, 4.69) is 117 Å². The summed E-state index contributed by atoms with van der Waals surface area (Å²) in [5.41, 5.74) is 0. The summed E-state index contributed by atoms with van der Waals surface area (Å²) in [7, 11) is 1.43. The number of ether oxygens (including phenoxy) is 2. The molecule has 2 atom stereocenters. The van der Waals surface area contributed by atoms with Gasteiger partial charge in [-0.25, -0.2) is 4.57 Å². The number of unbranched alkanes of at least 4 members (excludes halogenated alkanes) is 19. The third kappa shape index (κ3) is 56.0. The zero-order valence-electron chi connectivity index (χ0n) is 46.6. The Morgan fingerprint density at radius 3 is 1.17 bits per heavy atom. The second kappa shape index (κ2) is 52.5. The summed E-state index contributed by atoms with van der Waals surface area (Å²) in [4.78, 5) is 35.6. The Balaban J connectivity index is 4.32. The summed E-state index contributed by atoms with van der Waals surface area (Å²) in [6, 6.07) is 0. The highest BCUT2D eigenvalue weighted by molar-refractivity contribution is 7.47. The minimum Gasteiger partial charge on any atom is -0.462 e. The molecule has 0 amide bonds. The number of phosphoric ester groups is 1. The van der Waals surface area contributed by atoms with Gasteiger partial charge in [-0.3, -0.25) is 18.6 Å². The summed E-state index contributed by atoms with van der Waals surface area (Å²) in [5.74, 6) is -0.869. The number of esters is 2. The topological polar surface area (TPSA) is 108 Å². The molecule has 0 heterocycles. The van der Waals surface area contributed by atoms with E-state index in [-0.39, 0.29) is 32.0 Å². The lowest BCUT2D eigenvalue weighted by Gasteiger charge is -2.24. The number of quaternary nitrogens is 1. The summed E-state index contributed by atoms with van der Waals surface area (Å²) < 4.78 is 34.5. The molecule has 0 radical (unpaired) electrons. The van der Waals surface area contributed by atoms with Crippen molar-refractivity contribution in [2.24, 2.45) is 0 Å². The van der Waals surface area contributed by atoms with Gasteiger partial charge in [-0.15, -0.1) is 0 Å². The number of likely N-dealkylation sites (N-methyl/N-ethyl adjacent to an activating group) is 1. The van der Waals surface area contributed by atoms with E-state index in [1.54, 1.807) is 0 Å². The van der Waals surface area contributed by atoms with Crippen LogP contribution < -0.4 is 0 Å². The maximum atomic E-state index is 12.8. The van der Waals surface area contributed by atoms with Crippen molar-refractivity contribution in [2.45, 2.75) is 225 Å². The maximum absolute atomic E-state index is 12.8. The van der Waals surface area contributed by atoms with Crippen molar-refractivity contribution in [3.63, 3.8) is 0 Å². The number of nitrogens with zero attached hydrogens (tertiary/aromatic N) is 1. The first-order valence-electron chi connectivity index (χ1n) is 28.6. The molecule has 0 spiro atoms. The number of rotatable bonds is 51. The van der Waals surface area contributed by atoms with Crippen LogP contribution in [-0.2, 0) is 32.7 Å². The molecule has 72 heavy (non-hydrogen) atoms. The van der Waals surface area contributed by atoms with Gasteiger partial charge in [0, 0.05) is 12.8 Å². The zero-order chi connectivity index (χ0) is 52.7. The molecule has 0 saturated heterocycles. The van der Waals surface area contributed by atoms with E-state index >= 15 is 0 Å². The molecule has 0 aliphatic carbocycles. The molecule has 0 aliphatic heterocycles. The molecule has 0 aromatic rings. The van der Waals surface area contributed by atoms with E-state index in [1.807, 2.05) is 27.2 Å². The SMILES string of the molecule is CC/C=C\C/C=C\C/C=C\C/C=C\C/C=C\C/C=C\C/C=C\C/C=C\C/C=C\CCCC(=O)OC(COC(=O)CCCCCCCCCCCCCCCCCCCCC)COP(=O)(O)OCC[N+](C)(C)C. The van der Waals surface area contributed by atoms with E-state index < -0.39 is 26.5 Å². The third-order valence-electron chi connectivity index (χ3n) is 11.8. The molecule has 0 bridgehead atoms. The van der Waals surface area contributed by atoms with E-state index in [9.17, 15) is 19.0 Å². The minimum atomic E-state index is -4.41. The smallest absolute Gasteiger partial charge is 0.462 e. The Hall–Kier alpha value is -3.33. The van der Waals surface area contributed by atoms with Crippen LogP contribution in [0.4, 0.5) is 0 Å². The largest absolute Gasteiger partial charge is 0.472 e. The Morgan fingerprint density at radius 1 is 0.444 bits per heavy atom. The molecular weight excluding hydrogens is 918 g/mol. The standard InChI is InChI=1S/C62H106NO8P/c1-6-8-10-12-14-16-18-20-22-24-26-27-28-29-30-31-32-33-34-35-37-39-41-43-45-47-49-51-53-55-62(65)71-60(59-70-72(66,67)69-57-56-63(3,4)5)58-68-61(64)54-52-50-48-46-44-42-40-38-36-25-23-21-19-17-15-13-11-9-7-2/h8,10,14,16,20,22,26-27,29-30,32-33,35,37,41,43,47,49,60H,6-7,9,11-13,15,17-19,21,23-25,28,31,34,36,38-40,42,44-46,48,50-59H2,1-5H3/p+1/b10-8-,16-14-,22-20-,27-26-,30-29-,33-32-,37-35-,43-41-,49-47-. The zero-order valence-corrected chi connectivity index (χ0v) is 47.5. The van der Waals surface area contributed by atoms with Crippen LogP contribution in [0.3, 0.4) is 0 Å². The van der Waals surface area contributed by atoms with Crippen LogP contribution in [0, 0.1) is 0 Å². The normalized spacial score (nSPS) is 14.1. The summed E-state index contributed by atoms with van der Waals surface area (Å²) in [6.45, 7) is 4.26. The Morgan fingerprint density at radius 2 is 0.792 bits per heavy atom. The van der Waals surface area contributed by atoms with Crippen LogP contribution >= 0.6 is 7.82 Å². The second-order valence-electron chi connectivity index (χ2n) is 19.9. The van der Waals surface area contributed by atoms with Crippen molar-refractivity contribution in [2.75, 3.05) is 47.5 Å². The molecule has 0 aromatic heterocycles. The number of allylic oxidation sites excluding steroid dienone is 18. The third-order valence-corrected chi connectivity index (χ3v) is 12.8. The molecule has 9 nitrogen and oxygen atoms in total. The molecular formula is C62H107NO8P+. The highest BCUT2D eigenvalue weighted by atomic mass is 31.2. The lowest BCUT2D eigenvalue weighted by atomic mass is 10.0. The Bertz CT molecular complexity index is 1580. The van der Waals surface area contributed by atoms with Crippen molar-refractivity contribution in [1.82, 2.24) is 0 Å². The van der Waals surface area contributed by atoms with Crippen molar-refractivity contribution in [1.29, 1.82) is 0 Å². The second-order valence-corrected chi connectivity index (χ2v) is 21.4. The van der Waals surface area contributed by atoms with Crippen LogP contribution in [0.25, 0.3) is 0 Å². The van der Waals surface area contributed by atoms with Gasteiger partial charge in [0.15, 0.2) is 6.10 Å². The maximum Gasteiger partial charge on any atom is 0.472 e. The lowest BCUT2D eigenvalue weighted by molar-refractivity contribution is -0.870. The van der Waals surface area contributed by atoms with Crippen LogP contribution in [0.5, 0.6) is 0 Å². The van der Waals surface area contributed by atoms with Gasteiger partial charge in [0.2, 0.25) is 0 Å². The average molecular weight is 1030 g/mol. The fraction of sp³-hybridized carbons (Fsp3) is 0.677. The van der Waals surface area contributed by atoms with Gasteiger partial charge in [0.1, 0.15) is 19.8 Å². The first kappa shape index (κ1) is 68.7. The van der Waals surface area contributed by atoms with Crippen LogP contribution in [0.2, 0.25) is 0 Å². The fourth-order valence-corrected chi connectivity index (χ4v) is 8.17. The Labute approximate surface area is 442 Å². The molecule has 10 heteroatoms. The van der Waals surface area contributed by atoms with Gasteiger partial charge in [0.05, 0.1) is 27.7 Å². The fourth-order valence-electron chi connectivity index (χ4n) is 7.43. The first-order valence-corrected chi connectivity index (χ1v) is 30.1. The molecule has 0 fully saturated rings. The van der Waals surface area contributed by atoms with Crippen molar-refractivity contribution >= 4 is 19.8 Å². The molecule has 0 rings (SSSR count). The van der Waals surface area contributed by atoms with Gasteiger partial charge in [-0.1, -0.05) is 239 Å². The number of hydrogen-bond acceptors (Lipinski definition) is 7. The predicted octanol–water partition coefficient (Wildman–Crippen LogP) is 17.8. The van der Waals surface area contributed by atoms with Gasteiger partial charge in [-0.05, 0) is 77.0 Å². The van der Waals surface area contributed by atoms with Crippen molar-refractivity contribution < 1.29 is 42.1 Å². The van der Waals surface area contributed by atoms with Crippen molar-refractivity contribution in [3.8, 4) is 0 Å². The average Bonchev–Trinajstić information content (AvgIpc) is 3.34. The van der Waals surface area contributed by atoms with Gasteiger partial charge < -0.3 is 18.9 Å². The molecule has 0 saturated carbocycles. The van der Waals surface area contributed by atoms with Crippen LogP contribution in [-0.4, -0.2) is 74.9 Å². The van der Waals surface area contributed by atoms with Gasteiger partial charge in [0.25, 0.3) is 0 Å².